The summed E-state index contributed by atoms with van der Waals surface area (Å²) in [4.78, 5) is 3.61. The first-order valence-corrected chi connectivity index (χ1v) is 13.5. The van der Waals surface area contributed by atoms with Crippen LogP contribution in [0.1, 0.15) is 122 Å². The van der Waals surface area contributed by atoms with Gasteiger partial charge in [-0.2, -0.15) is 0 Å². The summed E-state index contributed by atoms with van der Waals surface area (Å²) in [5, 5.41) is 0. The minimum atomic E-state index is 0.502. The highest BCUT2D eigenvalue weighted by Gasteiger charge is 2.39. The lowest BCUT2D eigenvalue weighted by Gasteiger charge is -2.45. The van der Waals surface area contributed by atoms with Crippen LogP contribution >= 0.6 is 0 Å². The lowest BCUT2D eigenvalue weighted by molar-refractivity contribution is 0.0697. The van der Waals surface area contributed by atoms with Gasteiger partial charge in [-0.25, -0.2) is 0 Å². The number of unbranched alkanes of at least 4 members (excludes halogenated alkanes) is 2. The Morgan fingerprint density at radius 2 is 1.84 bits per heavy atom. The van der Waals surface area contributed by atoms with Crippen LogP contribution in [-0.4, -0.2) is 4.98 Å². The lowest BCUT2D eigenvalue weighted by atomic mass is 9.59. The van der Waals surface area contributed by atoms with Crippen molar-refractivity contribution in [2.75, 3.05) is 0 Å². The third-order valence-corrected chi connectivity index (χ3v) is 8.47. The smallest absolute Gasteiger partial charge is 0.0223 e. The molecule has 0 bridgehead atoms. The summed E-state index contributed by atoms with van der Waals surface area (Å²) in [7, 11) is 0. The number of nitrogens with one attached hydrogen (secondary N) is 1. The summed E-state index contributed by atoms with van der Waals surface area (Å²) in [6, 6.07) is 2.38. The molecule has 0 radical (unpaired) electrons. The molecule has 0 saturated heterocycles. The summed E-state index contributed by atoms with van der Waals surface area (Å²) in [6.07, 6.45) is 27.1. The van der Waals surface area contributed by atoms with E-state index in [1.807, 2.05) is 0 Å². The Morgan fingerprint density at radius 1 is 1.10 bits per heavy atom. The predicted molar refractivity (Wildman–Crippen MR) is 137 cm³/mol. The fourth-order valence-electron chi connectivity index (χ4n) is 6.84. The molecule has 1 aromatic rings. The Morgan fingerprint density at radius 3 is 2.58 bits per heavy atom. The van der Waals surface area contributed by atoms with Gasteiger partial charge in [0.2, 0.25) is 0 Å². The van der Waals surface area contributed by atoms with Gasteiger partial charge < -0.3 is 4.98 Å². The maximum Gasteiger partial charge on any atom is 0.0223 e. The largest absolute Gasteiger partial charge is 0.364 e. The van der Waals surface area contributed by atoms with Crippen molar-refractivity contribution >= 4 is 5.57 Å². The van der Waals surface area contributed by atoms with Crippen LogP contribution in [-0.2, 0) is 6.42 Å². The zero-order chi connectivity index (χ0) is 22.1. The number of fused-ring (bicyclic) bond motifs is 1. The quantitative estimate of drug-likeness (QED) is 0.316. The van der Waals surface area contributed by atoms with E-state index in [9.17, 15) is 0 Å². The first-order valence-electron chi connectivity index (χ1n) is 13.5. The van der Waals surface area contributed by atoms with Crippen molar-refractivity contribution in [3.05, 3.63) is 42.3 Å². The van der Waals surface area contributed by atoms with E-state index in [-0.39, 0.29) is 0 Å². The van der Waals surface area contributed by atoms with Gasteiger partial charge in [-0.05, 0) is 98.2 Å². The van der Waals surface area contributed by atoms with Crippen LogP contribution in [0.3, 0.4) is 0 Å². The molecule has 0 amide bonds. The topological polar surface area (TPSA) is 15.8 Å². The van der Waals surface area contributed by atoms with E-state index in [0.717, 1.165) is 24.7 Å². The molecule has 0 aromatic carbocycles. The van der Waals surface area contributed by atoms with E-state index in [2.05, 4.69) is 56.7 Å². The third kappa shape index (κ3) is 6.62. The Bertz CT molecular complexity index is 693. The minimum Gasteiger partial charge on any atom is -0.364 e. The average molecular weight is 424 g/mol. The molecule has 3 rings (SSSR count). The van der Waals surface area contributed by atoms with Gasteiger partial charge >= 0.3 is 0 Å². The van der Waals surface area contributed by atoms with Crippen LogP contribution in [0, 0.1) is 23.2 Å². The van der Waals surface area contributed by atoms with Crippen molar-refractivity contribution in [3.63, 3.8) is 0 Å². The summed E-state index contributed by atoms with van der Waals surface area (Å²) in [6.45, 7) is 11.5. The zero-order valence-corrected chi connectivity index (χ0v) is 20.9. The number of hydrogen-bond donors (Lipinski definition) is 1. The number of H-pyrrole nitrogens is 1. The van der Waals surface area contributed by atoms with E-state index >= 15 is 0 Å². The molecular formula is C30H49N. The van der Waals surface area contributed by atoms with Crippen LogP contribution in [0.15, 0.2) is 31.0 Å². The SMILES string of the molecule is C=CCC/C=C(\c1cc[nH]c1CCCC)C1CCCCC2CCCCC(C)C[C@]2(C)C1. The summed E-state index contributed by atoms with van der Waals surface area (Å²) < 4.78 is 0. The van der Waals surface area contributed by atoms with Crippen molar-refractivity contribution in [1.29, 1.82) is 0 Å². The van der Waals surface area contributed by atoms with Crippen LogP contribution in [0.5, 0.6) is 0 Å². The molecule has 1 N–H and O–H groups in total. The lowest BCUT2D eigenvalue weighted by Crippen LogP contribution is -2.35. The molecule has 3 unspecified atom stereocenters. The molecule has 0 aliphatic heterocycles. The van der Waals surface area contributed by atoms with E-state index in [4.69, 9.17) is 0 Å². The second-order valence-corrected chi connectivity index (χ2v) is 11.1. The third-order valence-electron chi connectivity index (χ3n) is 8.47. The van der Waals surface area contributed by atoms with Crippen molar-refractivity contribution in [3.8, 4) is 0 Å². The zero-order valence-electron chi connectivity index (χ0n) is 20.9. The normalized spacial score (nSPS) is 30.5. The van der Waals surface area contributed by atoms with Crippen LogP contribution in [0.4, 0.5) is 0 Å². The fourth-order valence-corrected chi connectivity index (χ4v) is 6.84. The predicted octanol–water partition coefficient (Wildman–Crippen LogP) is 9.51. The number of hydrogen-bond acceptors (Lipinski definition) is 0. The molecule has 2 saturated carbocycles. The Hall–Kier alpha value is -1.24. The van der Waals surface area contributed by atoms with E-state index < -0.39 is 0 Å². The van der Waals surface area contributed by atoms with Gasteiger partial charge in [0.15, 0.2) is 0 Å². The fraction of sp³-hybridized carbons (Fsp3) is 0.733. The Kier molecular flexibility index (Phi) is 9.54. The van der Waals surface area contributed by atoms with Crippen molar-refractivity contribution in [1.82, 2.24) is 4.98 Å². The molecule has 0 spiro atoms. The molecule has 2 fully saturated rings. The number of allylic oxidation sites excluding steroid dienone is 3. The second-order valence-electron chi connectivity index (χ2n) is 11.1. The molecule has 1 heteroatoms. The molecule has 2 aliphatic rings. The van der Waals surface area contributed by atoms with Crippen LogP contribution in [0.25, 0.3) is 5.57 Å². The molecule has 2 aliphatic carbocycles. The van der Waals surface area contributed by atoms with Gasteiger partial charge in [0.1, 0.15) is 0 Å². The van der Waals surface area contributed by atoms with Crippen molar-refractivity contribution in [2.45, 2.75) is 117 Å². The number of aryl methyl sites for hydroxylation is 1. The summed E-state index contributed by atoms with van der Waals surface area (Å²) in [5.74, 6) is 2.52. The van der Waals surface area contributed by atoms with Crippen molar-refractivity contribution in [2.24, 2.45) is 23.2 Å². The van der Waals surface area contributed by atoms with E-state index in [1.165, 1.54) is 94.7 Å². The van der Waals surface area contributed by atoms with Crippen LogP contribution in [0.2, 0.25) is 0 Å². The molecule has 174 valence electrons. The monoisotopic (exact) mass is 423 g/mol. The van der Waals surface area contributed by atoms with E-state index in [0.29, 0.717) is 11.3 Å². The molecule has 1 heterocycles. The maximum atomic E-state index is 3.98. The van der Waals surface area contributed by atoms with Crippen molar-refractivity contribution < 1.29 is 0 Å². The van der Waals surface area contributed by atoms with E-state index in [1.54, 1.807) is 5.57 Å². The minimum absolute atomic E-state index is 0.502. The molecule has 1 aromatic heterocycles. The summed E-state index contributed by atoms with van der Waals surface area (Å²) >= 11 is 0. The number of aromatic nitrogens is 1. The Labute approximate surface area is 193 Å². The number of rotatable bonds is 8. The second kappa shape index (κ2) is 12.1. The first-order chi connectivity index (χ1) is 15.1. The average Bonchev–Trinajstić information content (AvgIpc) is 3.19. The van der Waals surface area contributed by atoms with Gasteiger partial charge in [-0.3, -0.25) is 0 Å². The Balaban J connectivity index is 1.92. The highest BCUT2D eigenvalue weighted by molar-refractivity contribution is 5.69. The molecule has 31 heavy (non-hydrogen) atoms. The summed E-state index contributed by atoms with van der Waals surface area (Å²) in [5.41, 5.74) is 5.16. The van der Waals surface area contributed by atoms with Gasteiger partial charge in [0, 0.05) is 11.9 Å². The van der Waals surface area contributed by atoms with Gasteiger partial charge in [-0.1, -0.05) is 71.4 Å². The molecular weight excluding hydrogens is 374 g/mol. The van der Waals surface area contributed by atoms with Gasteiger partial charge in [-0.15, -0.1) is 6.58 Å². The first kappa shape index (κ1) is 24.4. The molecule has 1 nitrogen and oxygen atoms in total. The van der Waals surface area contributed by atoms with Gasteiger partial charge in [0.25, 0.3) is 0 Å². The highest BCUT2D eigenvalue weighted by atomic mass is 14.7. The van der Waals surface area contributed by atoms with Crippen LogP contribution < -0.4 is 0 Å². The highest BCUT2D eigenvalue weighted by Crippen LogP contribution is 2.51. The maximum absolute atomic E-state index is 3.98. The standard InChI is InChI=1S/C30H49N/c1-5-7-9-18-27(28-20-21-31-29(28)19-8-6-2)25-15-11-13-17-26-16-12-10-14-24(3)22-30(26,4)23-25/h5,18,20-21,24-26,31H,1,6-17,19,22-23H2,2-4H3/b27-18-/t24?,25?,26?,30-/m1/s1. The number of aromatic amines is 1. The van der Waals surface area contributed by atoms with Gasteiger partial charge in [0.05, 0.1) is 0 Å². The molecule has 4 atom stereocenters.